The quantitative estimate of drug-likeness (QED) is 0.674. The maximum atomic E-state index is 12.5. The minimum absolute atomic E-state index is 0.279. The number of para-hydroxylation sites is 1. The highest BCUT2D eigenvalue weighted by Gasteiger charge is 2.12. The number of nitrogens with two attached hydrogens (primary N) is 1. The molecule has 0 atom stereocenters. The molecule has 3 N–H and O–H groups in total. The van der Waals surface area contributed by atoms with Gasteiger partial charge in [0, 0.05) is 6.54 Å². The Kier molecular flexibility index (Phi) is 5.56. The van der Waals surface area contributed by atoms with Gasteiger partial charge in [0.2, 0.25) is 0 Å². The van der Waals surface area contributed by atoms with Gasteiger partial charge in [-0.15, -0.1) is 0 Å². The molecule has 0 aliphatic rings. The first-order chi connectivity index (χ1) is 13.1. The number of ether oxygens (including phenoxy) is 2. The van der Waals surface area contributed by atoms with Crippen molar-refractivity contribution >= 4 is 22.6 Å². The molecular weight excluding hydrogens is 344 g/mol. The van der Waals surface area contributed by atoms with Crippen LogP contribution in [0.2, 0.25) is 0 Å². The van der Waals surface area contributed by atoms with E-state index in [1.54, 1.807) is 31.4 Å². The topological polar surface area (TPSA) is 90.7 Å². The molecular formula is C21H20N2O4. The smallest absolute Gasteiger partial charge is 0.255 e. The summed E-state index contributed by atoms with van der Waals surface area (Å²) in [6.07, 6.45) is 0. The standard InChI is InChI=1S/C21H20N2O4/c1-26-17-9-8-15-10-14(6-7-16(15)11-17)12-23-21(25)18-4-2-3-5-19(18)27-13-20(22)24/h2-11H,12-13H2,1H3,(H2,22,24)(H,23,25). The summed E-state index contributed by atoms with van der Waals surface area (Å²) in [4.78, 5) is 23.4. The number of hydrogen-bond donors (Lipinski definition) is 2. The van der Waals surface area contributed by atoms with Crippen LogP contribution in [0.5, 0.6) is 11.5 Å². The molecule has 138 valence electrons. The molecule has 0 heterocycles. The van der Waals surface area contributed by atoms with E-state index in [0.29, 0.717) is 17.9 Å². The molecule has 3 rings (SSSR count). The van der Waals surface area contributed by atoms with Crippen molar-refractivity contribution in [3.8, 4) is 11.5 Å². The van der Waals surface area contributed by atoms with Crippen molar-refractivity contribution < 1.29 is 19.1 Å². The molecule has 2 amide bonds. The normalized spacial score (nSPS) is 10.4. The summed E-state index contributed by atoms with van der Waals surface area (Å²) >= 11 is 0. The number of benzene rings is 3. The lowest BCUT2D eigenvalue weighted by atomic mass is 10.1. The second kappa shape index (κ2) is 8.23. The van der Waals surface area contributed by atoms with Gasteiger partial charge in [-0.25, -0.2) is 0 Å². The average molecular weight is 364 g/mol. The van der Waals surface area contributed by atoms with Crippen molar-refractivity contribution in [3.05, 3.63) is 71.8 Å². The molecule has 0 fully saturated rings. The van der Waals surface area contributed by atoms with Gasteiger partial charge in [-0.05, 0) is 46.7 Å². The minimum atomic E-state index is -0.599. The third-order valence-corrected chi connectivity index (χ3v) is 4.07. The summed E-state index contributed by atoms with van der Waals surface area (Å²) in [6.45, 7) is 0.0867. The van der Waals surface area contributed by atoms with E-state index in [2.05, 4.69) is 5.32 Å². The van der Waals surface area contributed by atoms with Crippen LogP contribution in [0.1, 0.15) is 15.9 Å². The molecule has 3 aromatic rings. The number of fused-ring (bicyclic) bond motifs is 1. The van der Waals surface area contributed by atoms with Crippen LogP contribution in [0.4, 0.5) is 0 Å². The highest BCUT2D eigenvalue weighted by atomic mass is 16.5. The second-order valence-electron chi connectivity index (χ2n) is 5.98. The molecule has 0 aliphatic heterocycles. The fraction of sp³-hybridized carbons (Fsp3) is 0.143. The van der Waals surface area contributed by atoms with Crippen molar-refractivity contribution in [1.29, 1.82) is 0 Å². The number of primary amides is 1. The first-order valence-corrected chi connectivity index (χ1v) is 8.42. The maximum absolute atomic E-state index is 12.5. The first-order valence-electron chi connectivity index (χ1n) is 8.42. The minimum Gasteiger partial charge on any atom is -0.497 e. The zero-order chi connectivity index (χ0) is 19.2. The summed E-state index contributed by atoms with van der Waals surface area (Å²) in [5.41, 5.74) is 6.41. The Balaban J connectivity index is 1.70. The number of carbonyl (C=O) groups is 2. The summed E-state index contributed by atoms with van der Waals surface area (Å²) in [5.74, 6) is 0.235. The van der Waals surface area contributed by atoms with Gasteiger partial charge in [-0.3, -0.25) is 9.59 Å². The van der Waals surface area contributed by atoms with Crippen LogP contribution in [0.25, 0.3) is 10.8 Å². The Bertz CT molecular complexity index is 985. The second-order valence-corrected chi connectivity index (χ2v) is 5.98. The predicted molar refractivity (Wildman–Crippen MR) is 103 cm³/mol. The van der Waals surface area contributed by atoms with E-state index in [0.717, 1.165) is 22.1 Å². The lowest BCUT2D eigenvalue weighted by molar-refractivity contribution is -0.119. The van der Waals surface area contributed by atoms with Gasteiger partial charge in [-0.1, -0.05) is 30.3 Å². The maximum Gasteiger partial charge on any atom is 0.255 e. The number of nitrogens with one attached hydrogen (secondary N) is 1. The van der Waals surface area contributed by atoms with Crippen LogP contribution in [0, 0.1) is 0 Å². The van der Waals surface area contributed by atoms with Crippen molar-refractivity contribution in [2.75, 3.05) is 13.7 Å². The fourth-order valence-corrected chi connectivity index (χ4v) is 2.72. The van der Waals surface area contributed by atoms with E-state index in [-0.39, 0.29) is 12.5 Å². The Morgan fingerprint density at radius 1 is 1.00 bits per heavy atom. The SMILES string of the molecule is COc1ccc2cc(CNC(=O)c3ccccc3OCC(N)=O)ccc2c1. The monoisotopic (exact) mass is 364 g/mol. The highest BCUT2D eigenvalue weighted by molar-refractivity contribution is 5.97. The number of amides is 2. The lowest BCUT2D eigenvalue weighted by Crippen LogP contribution is -2.25. The Labute approximate surface area is 156 Å². The molecule has 0 unspecified atom stereocenters. The third-order valence-electron chi connectivity index (χ3n) is 4.07. The molecule has 27 heavy (non-hydrogen) atoms. The van der Waals surface area contributed by atoms with Crippen molar-refractivity contribution in [1.82, 2.24) is 5.32 Å². The van der Waals surface area contributed by atoms with Gasteiger partial charge in [0.05, 0.1) is 12.7 Å². The van der Waals surface area contributed by atoms with Crippen molar-refractivity contribution in [2.45, 2.75) is 6.54 Å². The lowest BCUT2D eigenvalue weighted by Gasteiger charge is -2.11. The zero-order valence-corrected chi connectivity index (χ0v) is 14.9. The third kappa shape index (κ3) is 4.55. The van der Waals surface area contributed by atoms with Crippen LogP contribution in [0.3, 0.4) is 0 Å². The van der Waals surface area contributed by atoms with E-state index in [1.165, 1.54) is 0 Å². The summed E-state index contributed by atoms with van der Waals surface area (Å²) in [7, 11) is 1.63. The van der Waals surface area contributed by atoms with E-state index >= 15 is 0 Å². The van der Waals surface area contributed by atoms with Gasteiger partial charge in [-0.2, -0.15) is 0 Å². The largest absolute Gasteiger partial charge is 0.497 e. The number of carbonyl (C=O) groups excluding carboxylic acids is 2. The molecule has 0 radical (unpaired) electrons. The van der Waals surface area contributed by atoms with Crippen molar-refractivity contribution in [2.24, 2.45) is 5.73 Å². The van der Waals surface area contributed by atoms with E-state index in [1.807, 2.05) is 36.4 Å². The molecule has 0 saturated carbocycles. The van der Waals surface area contributed by atoms with Crippen LogP contribution >= 0.6 is 0 Å². The van der Waals surface area contributed by atoms with Gasteiger partial charge in [0.1, 0.15) is 11.5 Å². The van der Waals surface area contributed by atoms with E-state index in [4.69, 9.17) is 15.2 Å². The van der Waals surface area contributed by atoms with E-state index < -0.39 is 5.91 Å². The Morgan fingerprint density at radius 3 is 2.52 bits per heavy atom. The van der Waals surface area contributed by atoms with Crippen LogP contribution < -0.4 is 20.5 Å². The zero-order valence-electron chi connectivity index (χ0n) is 14.9. The van der Waals surface area contributed by atoms with Crippen molar-refractivity contribution in [3.63, 3.8) is 0 Å². The molecule has 0 aromatic heterocycles. The van der Waals surface area contributed by atoms with Gasteiger partial charge < -0.3 is 20.5 Å². The molecule has 6 nitrogen and oxygen atoms in total. The van der Waals surface area contributed by atoms with Crippen LogP contribution in [0.15, 0.2) is 60.7 Å². The summed E-state index contributed by atoms with van der Waals surface area (Å²) in [6, 6.07) is 18.5. The summed E-state index contributed by atoms with van der Waals surface area (Å²) in [5, 5.41) is 5.00. The number of hydrogen-bond acceptors (Lipinski definition) is 4. The highest BCUT2D eigenvalue weighted by Crippen LogP contribution is 2.22. The predicted octanol–water partition coefficient (Wildman–Crippen LogP) is 2.64. The molecule has 0 saturated heterocycles. The fourth-order valence-electron chi connectivity index (χ4n) is 2.72. The Hall–Kier alpha value is -3.54. The average Bonchev–Trinajstić information content (AvgIpc) is 2.70. The van der Waals surface area contributed by atoms with Gasteiger partial charge in [0.15, 0.2) is 6.61 Å². The number of methoxy groups -OCH3 is 1. The molecule has 3 aromatic carbocycles. The summed E-state index contributed by atoms with van der Waals surface area (Å²) < 4.78 is 10.5. The first kappa shape index (κ1) is 18.3. The van der Waals surface area contributed by atoms with E-state index in [9.17, 15) is 9.59 Å². The van der Waals surface area contributed by atoms with Crippen LogP contribution in [-0.2, 0) is 11.3 Å². The molecule has 6 heteroatoms. The molecule has 0 bridgehead atoms. The van der Waals surface area contributed by atoms with Gasteiger partial charge in [0.25, 0.3) is 11.8 Å². The molecule has 0 spiro atoms. The Morgan fingerprint density at radius 2 is 1.74 bits per heavy atom. The number of rotatable bonds is 7. The van der Waals surface area contributed by atoms with Gasteiger partial charge >= 0.3 is 0 Å². The van der Waals surface area contributed by atoms with Crippen LogP contribution in [-0.4, -0.2) is 25.5 Å². The molecule has 0 aliphatic carbocycles.